The summed E-state index contributed by atoms with van der Waals surface area (Å²) >= 11 is 0. The van der Waals surface area contributed by atoms with E-state index >= 15 is 0 Å². The van der Waals surface area contributed by atoms with Crippen molar-refractivity contribution in [2.75, 3.05) is 0 Å². The molecule has 1 heterocycles. The molecule has 0 amide bonds. The molecule has 0 N–H and O–H groups in total. The van der Waals surface area contributed by atoms with Gasteiger partial charge in [-0.3, -0.25) is 0 Å². The summed E-state index contributed by atoms with van der Waals surface area (Å²) in [5.74, 6) is 1.04. The van der Waals surface area contributed by atoms with Gasteiger partial charge < -0.3 is 4.74 Å². The van der Waals surface area contributed by atoms with Crippen LogP contribution in [0, 0.1) is 0 Å². The molecule has 0 aliphatic carbocycles. The van der Waals surface area contributed by atoms with Crippen LogP contribution >= 0.6 is 0 Å². The SMILES string of the molecule is CCCCCCCCCCCCCC=CC1=CO1. The molecule has 1 nitrogen and oxygen atoms in total. The molecular formula is C17H30O. The zero-order chi connectivity index (χ0) is 12.9. The summed E-state index contributed by atoms with van der Waals surface area (Å²) < 4.78 is 4.92. The fourth-order valence-corrected chi connectivity index (χ4v) is 2.24. The highest BCUT2D eigenvalue weighted by molar-refractivity contribution is 5.19. The minimum Gasteiger partial charge on any atom is -0.458 e. The summed E-state index contributed by atoms with van der Waals surface area (Å²) in [6, 6.07) is 0. The van der Waals surface area contributed by atoms with Crippen molar-refractivity contribution in [3.63, 3.8) is 0 Å². The van der Waals surface area contributed by atoms with Crippen LogP contribution in [0.5, 0.6) is 0 Å². The van der Waals surface area contributed by atoms with Crippen molar-refractivity contribution in [2.45, 2.75) is 84.0 Å². The first-order valence-corrected chi connectivity index (χ1v) is 7.97. The van der Waals surface area contributed by atoms with E-state index in [2.05, 4.69) is 19.1 Å². The second kappa shape index (κ2) is 11.4. The quantitative estimate of drug-likeness (QED) is 0.359. The van der Waals surface area contributed by atoms with Crippen LogP contribution in [-0.4, -0.2) is 0 Å². The molecule has 1 aliphatic heterocycles. The summed E-state index contributed by atoms with van der Waals surface area (Å²) in [6.07, 6.45) is 22.9. The number of hydrogen-bond acceptors (Lipinski definition) is 1. The summed E-state index contributed by atoms with van der Waals surface area (Å²) in [5.41, 5.74) is 0. The first kappa shape index (κ1) is 15.3. The number of ether oxygens (including phenoxy) is 1. The monoisotopic (exact) mass is 250 g/mol. The van der Waals surface area contributed by atoms with Gasteiger partial charge in [-0.1, -0.05) is 77.2 Å². The molecule has 0 aromatic heterocycles. The van der Waals surface area contributed by atoms with E-state index in [-0.39, 0.29) is 0 Å². The van der Waals surface area contributed by atoms with E-state index in [4.69, 9.17) is 4.74 Å². The molecule has 0 radical (unpaired) electrons. The van der Waals surface area contributed by atoms with Crippen molar-refractivity contribution in [3.05, 3.63) is 24.2 Å². The van der Waals surface area contributed by atoms with Gasteiger partial charge in [0.25, 0.3) is 0 Å². The Morgan fingerprint density at radius 1 is 0.833 bits per heavy atom. The Morgan fingerprint density at radius 3 is 1.83 bits per heavy atom. The molecule has 1 heteroatoms. The van der Waals surface area contributed by atoms with Crippen molar-refractivity contribution in [2.24, 2.45) is 0 Å². The van der Waals surface area contributed by atoms with Crippen molar-refractivity contribution >= 4 is 0 Å². The number of unbranched alkanes of at least 4 members (excludes halogenated alkanes) is 11. The Balaban J connectivity index is 1.66. The second-order valence-corrected chi connectivity index (χ2v) is 5.36. The van der Waals surface area contributed by atoms with Gasteiger partial charge >= 0.3 is 0 Å². The molecule has 104 valence electrons. The lowest BCUT2D eigenvalue weighted by Gasteiger charge is -2.01. The van der Waals surface area contributed by atoms with Crippen LogP contribution in [0.15, 0.2) is 24.2 Å². The largest absolute Gasteiger partial charge is 0.458 e. The first-order chi connectivity index (χ1) is 8.93. The topological polar surface area (TPSA) is 12.5 Å². The van der Waals surface area contributed by atoms with Gasteiger partial charge in [0.1, 0.15) is 6.26 Å². The third-order valence-corrected chi connectivity index (χ3v) is 3.51. The summed E-state index contributed by atoms with van der Waals surface area (Å²) in [4.78, 5) is 0. The molecule has 1 rings (SSSR count). The zero-order valence-corrected chi connectivity index (χ0v) is 12.1. The van der Waals surface area contributed by atoms with E-state index in [1.54, 1.807) is 6.26 Å². The number of allylic oxidation sites excluding steroid dienone is 2. The molecule has 0 bridgehead atoms. The van der Waals surface area contributed by atoms with E-state index in [0.29, 0.717) is 0 Å². The van der Waals surface area contributed by atoms with Crippen LogP contribution in [0.3, 0.4) is 0 Å². The molecule has 0 saturated heterocycles. The molecular weight excluding hydrogens is 220 g/mol. The van der Waals surface area contributed by atoms with Crippen molar-refractivity contribution < 1.29 is 4.74 Å². The highest BCUT2D eigenvalue weighted by atomic mass is 16.5. The van der Waals surface area contributed by atoms with Crippen LogP contribution in [-0.2, 0) is 4.74 Å². The Kier molecular flexibility index (Phi) is 9.69. The van der Waals surface area contributed by atoms with E-state index < -0.39 is 0 Å². The molecule has 0 aromatic rings. The summed E-state index contributed by atoms with van der Waals surface area (Å²) in [5, 5.41) is 0. The van der Waals surface area contributed by atoms with Gasteiger partial charge in [-0.25, -0.2) is 0 Å². The molecule has 0 saturated carbocycles. The first-order valence-electron chi connectivity index (χ1n) is 7.97. The van der Waals surface area contributed by atoms with E-state index in [1.807, 2.05) is 0 Å². The van der Waals surface area contributed by atoms with Crippen LogP contribution < -0.4 is 0 Å². The van der Waals surface area contributed by atoms with Gasteiger partial charge in [0.2, 0.25) is 0 Å². The van der Waals surface area contributed by atoms with Gasteiger partial charge in [-0.2, -0.15) is 0 Å². The Morgan fingerprint density at radius 2 is 1.33 bits per heavy atom. The molecule has 1 aliphatic rings. The second-order valence-electron chi connectivity index (χ2n) is 5.36. The maximum absolute atomic E-state index is 4.92. The lowest BCUT2D eigenvalue weighted by Crippen LogP contribution is -1.81. The van der Waals surface area contributed by atoms with Gasteiger partial charge in [0.15, 0.2) is 5.76 Å². The highest BCUT2D eigenvalue weighted by Crippen LogP contribution is 2.15. The van der Waals surface area contributed by atoms with Crippen molar-refractivity contribution in [3.8, 4) is 0 Å². The number of rotatable bonds is 13. The summed E-state index contributed by atoms with van der Waals surface area (Å²) in [6.45, 7) is 2.28. The van der Waals surface area contributed by atoms with Crippen molar-refractivity contribution in [1.29, 1.82) is 0 Å². The lowest BCUT2D eigenvalue weighted by atomic mass is 10.1. The molecule has 0 spiro atoms. The fraction of sp³-hybridized carbons (Fsp3) is 0.765. The Hall–Kier alpha value is -0.720. The van der Waals surface area contributed by atoms with Crippen molar-refractivity contribution in [1.82, 2.24) is 0 Å². The highest BCUT2D eigenvalue weighted by Gasteiger charge is 2.02. The predicted octanol–water partition coefficient (Wildman–Crippen LogP) is 6.12. The zero-order valence-electron chi connectivity index (χ0n) is 12.1. The Bertz CT molecular complexity index is 240. The molecule has 0 aromatic carbocycles. The van der Waals surface area contributed by atoms with Gasteiger partial charge in [-0.15, -0.1) is 0 Å². The number of hydrogen-bond donors (Lipinski definition) is 0. The van der Waals surface area contributed by atoms with Crippen LogP contribution in [0.2, 0.25) is 0 Å². The maximum atomic E-state index is 4.92. The van der Waals surface area contributed by atoms with Crippen LogP contribution in [0.1, 0.15) is 84.0 Å². The van der Waals surface area contributed by atoms with Gasteiger partial charge in [0, 0.05) is 0 Å². The third-order valence-electron chi connectivity index (χ3n) is 3.51. The average molecular weight is 250 g/mol. The van der Waals surface area contributed by atoms with E-state index in [9.17, 15) is 0 Å². The lowest BCUT2D eigenvalue weighted by molar-refractivity contribution is 0.515. The Labute approximate surface area is 113 Å². The fourth-order valence-electron chi connectivity index (χ4n) is 2.24. The average Bonchev–Trinajstić information content (AvgIpc) is 3.19. The van der Waals surface area contributed by atoms with E-state index in [0.717, 1.165) is 5.76 Å². The van der Waals surface area contributed by atoms with Crippen LogP contribution in [0.25, 0.3) is 0 Å². The van der Waals surface area contributed by atoms with Gasteiger partial charge in [-0.05, 0) is 18.9 Å². The van der Waals surface area contributed by atoms with E-state index in [1.165, 1.54) is 77.0 Å². The maximum Gasteiger partial charge on any atom is 0.161 e. The molecule has 0 unspecified atom stereocenters. The van der Waals surface area contributed by atoms with Gasteiger partial charge in [0.05, 0.1) is 0 Å². The minimum absolute atomic E-state index is 1.04. The summed E-state index contributed by atoms with van der Waals surface area (Å²) in [7, 11) is 0. The molecule has 0 fully saturated rings. The third kappa shape index (κ3) is 10.4. The minimum atomic E-state index is 1.04. The molecule has 0 atom stereocenters. The smallest absolute Gasteiger partial charge is 0.161 e. The predicted molar refractivity (Wildman–Crippen MR) is 79.4 cm³/mol. The molecule has 18 heavy (non-hydrogen) atoms. The van der Waals surface area contributed by atoms with Crippen LogP contribution in [0.4, 0.5) is 0 Å². The standard InChI is InChI=1S/C17H30O/c1-2-3-4-5-6-7-8-9-10-11-12-13-14-15-17-16-18-17/h14-16H,2-13H2,1H3. The normalized spacial score (nSPS) is 13.7.